The van der Waals surface area contributed by atoms with Gasteiger partial charge >= 0.3 is 5.63 Å². The van der Waals surface area contributed by atoms with E-state index in [1.807, 2.05) is 25.1 Å². The summed E-state index contributed by atoms with van der Waals surface area (Å²) in [4.78, 5) is 16.2. The van der Waals surface area contributed by atoms with Crippen molar-refractivity contribution in [3.8, 4) is 0 Å². The number of nitrogens with zero attached hydrogens (tertiary/aromatic N) is 1. The van der Waals surface area contributed by atoms with Crippen LogP contribution < -0.4 is 10.9 Å². The number of hydrogen-bond acceptors (Lipinski definition) is 4. The molecule has 18 heavy (non-hydrogen) atoms. The Labute approximate surface area is 106 Å². The number of hydrogen-bond donors (Lipinski definition) is 1. The van der Waals surface area contributed by atoms with Gasteiger partial charge in [0.25, 0.3) is 6.01 Å². The molecule has 1 aromatic heterocycles. The first kappa shape index (κ1) is 12.6. The van der Waals surface area contributed by atoms with E-state index < -0.39 is 0 Å². The smallest absolute Gasteiger partial charge is 0.348 e. The molecular weight excluding hydrogens is 228 g/mol. The monoisotopic (exact) mass is 246 g/mol. The molecule has 0 aliphatic heterocycles. The maximum atomic E-state index is 11.9. The number of benzene rings is 1. The van der Waals surface area contributed by atoms with E-state index in [4.69, 9.17) is 4.42 Å². The molecule has 0 amide bonds. The Bertz CT molecular complexity index is 624. The van der Waals surface area contributed by atoms with Crippen LogP contribution >= 0.6 is 0 Å². The first-order valence-electron chi connectivity index (χ1n) is 6.01. The van der Waals surface area contributed by atoms with Crippen molar-refractivity contribution in [2.75, 3.05) is 11.9 Å². The average Bonchev–Trinajstić information content (AvgIpc) is 2.25. The maximum absolute atomic E-state index is 11.9. The first-order valence-corrected chi connectivity index (χ1v) is 6.01. The minimum absolute atomic E-state index is 0.0990. The summed E-state index contributed by atoms with van der Waals surface area (Å²) in [6.07, 6.45) is 0. The van der Waals surface area contributed by atoms with Crippen LogP contribution in [0.1, 0.15) is 26.3 Å². The molecule has 0 saturated heterocycles. The largest absolute Gasteiger partial charge is 0.389 e. The van der Waals surface area contributed by atoms with E-state index in [9.17, 15) is 4.79 Å². The van der Waals surface area contributed by atoms with Gasteiger partial charge in [-0.1, -0.05) is 32.9 Å². The summed E-state index contributed by atoms with van der Waals surface area (Å²) in [6, 6.07) is 5.87. The van der Waals surface area contributed by atoms with Crippen LogP contribution in [0, 0.1) is 12.3 Å². The molecule has 0 saturated carbocycles. The minimum atomic E-state index is -0.338. The molecule has 2 rings (SSSR count). The van der Waals surface area contributed by atoms with Crippen LogP contribution in [0.25, 0.3) is 10.9 Å². The molecule has 2 aromatic rings. The molecule has 4 nitrogen and oxygen atoms in total. The topological polar surface area (TPSA) is 55.1 Å². The van der Waals surface area contributed by atoms with Crippen LogP contribution in [0.5, 0.6) is 0 Å². The molecular formula is C14H18N2O2. The van der Waals surface area contributed by atoms with Gasteiger partial charge in [-0.05, 0) is 24.0 Å². The van der Waals surface area contributed by atoms with Crippen LogP contribution in [-0.2, 0) is 0 Å². The van der Waals surface area contributed by atoms with Gasteiger partial charge in [-0.2, -0.15) is 4.98 Å². The molecule has 0 radical (unpaired) electrons. The molecule has 0 bridgehead atoms. The molecule has 0 unspecified atom stereocenters. The third-order valence-electron chi connectivity index (χ3n) is 2.64. The van der Waals surface area contributed by atoms with Crippen LogP contribution in [0.2, 0.25) is 0 Å². The van der Waals surface area contributed by atoms with Crippen molar-refractivity contribution in [2.24, 2.45) is 5.41 Å². The summed E-state index contributed by atoms with van der Waals surface area (Å²) in [5, 5.41) is 3.61. The second kappa shape index (κ2) is 4.44. The molecule has 4 heteroatoms. The van der Waals surface area contributed by atoms with Crippen molar-refractivity contribution in [3.63, 3.8) is 0 Å². The normalized spacial score (nSPS) is 11.8. The summed E-state index contributed by atoms with van der Waals surface area (Å²) in [5.41, 5.74) is 1.32. The van der Waals surface area contributed by atoms with Crippen molar-refractivity contribution >= 4 is 16.9 Å². The number of aromatic nitrogens is 1. The molecule has 0 atom stereocenters. The van der Waals surface area contributed by atoms with E-state index in [2.05, 4.69) is 31.1 Å². The molecule has 96 valence electrons. The summed E-state index contributed by atoms with van der Waals surface area (Å²) < 4.78 is 5.19. The summed E-state index contributed by atoms with van der Waals surface area (Å²) in [5.74, 6) is 0. The van der Waals surface area contributed by atoms with E-state index in [1.54, 1.807) is 0 Å². The van der Waals surface area contributed by atoms with Gasteiger partial charge < -0.3 is 9.73 Å². The van der Waals surface area contributed by atoms with E-state index in [1.165, 1.54) is 0 Å². The Morgan fingerprint density at radius 3 is 2.72 bits per heavy atom. The van der Waals surface area contributed by atoms with Crippen molar-refractivity contribution in [1.82, 2.24) is 4.98 Å². The fourth-order valence-corrected chi connectivity index (χ4v) is 1.70. The van der Waals surface area contributed by atoms with Gasteiger partial charge in [-0.3, -0.25) is 0 Å². The van der Waals surface area contributed by atoms with Gasteiger partial charge in [-0.25, -0.2) is 4.79 Å². The Morgan fingerprint density at radius 2 is 2.06 bits per heavy atom. The molecule has 1 heterocycles. The van der Waals surface area contributed by atoms with E-state index in [-0.39, 0.29) is 17.1 Å². The Morgan fingerprint density at radius 1 is 1.33 bits per heavy atom. The molecule has 1 aromatic carbocycles. The number of rotatable bonds is 2. The van der Waals surface area contributed by atoms with Crippen LogP contribution in [0.4, 0.5) is 6.01 Å². The molecule has 1 N–H and O–H groups in total. The van der Waals surface area contributed by atoms with Crippen LogP contribution in [0.15, 0.2) is 27.4 Å². The first-order chi connectivity index (χ1) is 8.37. The van der Waals surface area contributed by atoms with E-state index in [0.29, 0.717) is 17.4 Å². The third-order valence-corrected chi connectivity index (χ3v) is 2.64. The second-order valence-electron chi connectivity index (χ2n) is 5.69. The van der Waals surface area contributed by atoms with E-state index in [0.717, 1.165) is 5.56 Å². The molecule has 0 fully saturated rings. The van der Waals surface area contributed by atoms with Gasteiger partial charge in [0, 0.05) is 6.54 Å². The fourth-order valence-electron chi connectivity index (χ4n) is 1.70. The maximum Gasteiger partial charge on any atom is 0.348 e. The summed E-state index contributed by atoms with van der Waals surface area (Å²) in [6.45, 7) is 8.87. The quantitative estimate of drug-likeness (QED) is 0.885. The van der Waals surface area contributed by atoms with Crippen molar-refractivity contribution < 1.29 is 4.42 Å². The SMILES string of the molecule is Cc1cccc2nc(NCC(C)(C)C)oc(=O)c12. The zero-order valence-electron chi connectivity index (χ0n) is 11.2. The average molecular weight is 246 g/mol. The second-order valence-corrected chi connectivity index (χ2v) is 5.69. The number of anilines is 1. The zero-order valence-corrected chi connectivity index (χ0v) is 11.2. The van der Waals surface area contributed by atoms with E-state index >= 15 is 0 Å². The highest BCUT2D eigenvalue weighted by Crippen LogP contribution is 2.17. The molecule has 0 spiro atoms. The number of aryl methyl sites for hydroxylation is 1. The third kappa shape index (κ3) is 2.70. The highest BCUT2D eigenvalue weighted by atomic mass is 16.4. The molecule has 0 aliphatic rings. The lowest BCUT2D eigenvalue weighted by molar-refractivity contribution is 0.428. The predicted octanol–water partition coefficient (Wildman–Crippen LogP) is 2.95. The standard InChI is InChI=1S/C14H18N2O2/c1-9-6-5-7-10-11(9)12(17)18-13(16-10)15-8-14(2,3)4/h5-7H,8H2,1-4H3,(H,15,16). The van der Waals surface area contributed by atoms with Gasteiger partial charge in [-0.15, -0.1) is 0 Å². The highest BCUT2D eigenvalue weighted by molar-refractivity contribution is 5.81. The number of nitrogens with one attached hydrogen (secondary N) is 1. The highest BCUT2D eigenvalue weighted by Gasteiger charge is 2.12. The van der Waals surface area contributed by atoms with Gasteiger partial charge in [0.15, 0.2) is 0 Å². The van der Waals surface area contributed by atoms with Crippen molar-refractivity contribution in [3.05, 3.63) is 34.2 Å². The summed E-state index contributed by atoms with van der Waals surface area (Å²) in [7, 11) is 0. The number of fused-ring (bicyclic) bond motifs is 1. The lowest BCUT2D eigenvalue weighted by atomic mass is 9.97. The fraction of sp³-hybridized carbons (Fsp3) is 0.429. The van der Waals surface area contributed by atoms with Crippen LogP contribution in [-0.4, -0.2) is 11.5 Å². The van der Waals surface area contributed by atoms with Crippen LogP contribution in [0.3, 0.4) is 0 Å². The molecule has 0 aliphatic carbocycles. The Kier molecular flexibility index (Phi) is 3.11. The van der Waals surface area contributed by atoms with Crippen molar-refractivity contribution in [2.45, 2.75) is 27.7 Å². The Hall–Kier alpha value is -1.84. The van der Waals surface area contributed by atoms with Gasteiger partial charge in [0.05, 0.1) is 10.9 Å². The predicted molar refractivity (Wildman–Crippen MR) is 73.0 cm³/mol. The lowest BCUT2D eigenvalue weighted by Gasteiger charge is -2.18. The van der Waals surface area contributed by atoms with Gasteiger partial charge in [0.2, 0.25) is 0 Å². The lowest BCUT2D eigenvalue weighted by Crippen LogP contribution is -2.20. The van der Waals surface area contributed by atoms with Crippen molar-refractivity contribution in [1.29, 1.82) is 0 Å². The Balaban J connectivity index is 2.41. The van der Waals surface area contributed by atoms with Gasteiger partial charge in [0.1, 0.15) is 0 Å². The minimum Gasteiger partial charge on any atom is -0.389 e. The zero-order chi connectivity index (χ0) is 13.3. The summed E-state index contributed by atoms with van der Waals surface area (Å²) >= 11 is 0.